The van der Waals surface area contributed by atoms with Crippen molar-refractivity contribution in [2.24, 2.45) is 4.99 Å². The summed E-state index contributed by atoms with van der Waals surface area (Å²) in [4.78, 5) is 12.2. The molecule has 0 unspecified atom stereocenters. The van der Waals surface area contributed by atoms with Crippen LogP contribution in [0.2, 0.25) is 0 Å². The molecule has 158 valence electrons. The van der Waals surface area contributed by atoms with Gasteiger partial charge in [0.1, 0.15) is 0 Å². The number of fused-ring (bicyclic) bond motifs is 2. The molecule has 0 aromatic heterocycles. The van der Waals surface area contributed by atoms with E-state index >= 15 is 0 Å². The summed E-state index contributed by atoms with van der Waals surface area (Å²) in [7, 11) is 0. The molecule has 3 aromatic carbocycles. The minimum atomic E-state index is 0.912. The Bertz CT molecular complexity index is 1380. The number of benzene rings is 4. The molecule has 1 heterocycles. The van der Waals surface area contributed by atoms with E-state index in [1.807, 2.05) is 42.5 Å². The van der Waals surface area contributed by atoms with E-state index in [-0.39, 0.29) is 0 Å². The van der Waals surface area contributed by atoms with Gasteiger partial charge in [-0.05, 0) is 74.5 Å². The molecule has 0 atom stereocenters. The number of hydrogen-bond donors (Lipinski definition) is 0. The number of rotatable bonds is 5. The van der Waals surface area contributed by atoms with Crippen molar-refractivity contribution in [2.75, 3.05) is 18.0 Å². The maximum Gasteiger partial charge on any atom is 0.0879 e. The van der Waals surface area contributed by atoms with Crippen LogP contribution < -0.4 is 10.3 Å². The molecule has 0 amide bonds. The summed E-state index contributed by atoms with van der Waals surface area (Å²) in [6, 6.07) is 33.3. The molecule has 3 aromatic rings. The van der Waals surface area contributed by atoms with E-state index in [1.54, 1.807) is 0 Å². The summed E-state index contributed by atoms with van der Waals surface area (Å²) in [6.45, 7) is 6.31. The van der Waals surface area contributed by atoms with Gasteiger partial charge in [0, 0.05) is 24.5 Å². The third kappa shape index (κ3) is 3.76. The van der Waals surface area contributed by atoms with Gasteiger partial charge in [-0.3, -0.25) is 0 Å². The largest absolute Gasteiger partial charge is 0.372 e. The lowest BCUT2D eigenvalue weighted by Gasteiger charge is -2.24. The van der Waals surface area contributed by atoms with Gasteiger partial charge in [-0.15, -0.1) is 0 Å². The number of para-hydroxylation sites is 2. The molecular formula is C28H26N4. The molecule has 0 fully saturated rings. The van der Waals surface area contributed by atoms with Crippen LogP contribution in [-0.4, -0.2) is 22.6 Å². The molecule has 1 aliphatic carbocycles. The van der Waals surface area contributed by atoms with Gasteiger partial charge in [0.2, 0.25) is 0 Å². The summed E-state index contributed by atoms with van der Waals surface area (Å²) in [5, 5.41) is 0.912. The second-order valence-electron chi connectivity index (χ2n) is 7.75. The lowest BCUT2D eigenvalue weighted by atomic mass is 10.1. The van der Waals surface area contributed by atoms with Gasteiger partial charge in [-0.1, -0.05) is 36.4 Å². The molecule has 32 heavy (non-hydrogen) atoms. The Morgan fingerprint density at radius 3 is 2.22 bits per heavy atom. The van der Waals surface area contributed by atoms with Crippen LogP contribution in [0.1, 0.15) is 13.8 Å². The highest BCUT2D eigenvalue weighted by Gasteiger charge is 2.15. The molecule has 0 N–H and O–H groups in total. The van der Waals surface area contributed by atoms with Crippen molar-refractivity contribution in [3.05, 3.63) is 102 Å². The Balaban J connectivity index is 1.82. The fourth-order valence-corrected chi connectivity index (χ4v) is 4.19. The molecule has 0 saturated carbocycles. The average Bonchev–Trinajstić information content (AvgIpc) is 2.84. The maximum atomic E-state index is 4.98. The van der Waals surface area contributed by atoms with Gasteiger partial charge in [0.05, 0.1) is 33.5 Å². The molecule has 0 radical (unpaired) electrons. The molecule has 4 heteroatoms. The predicted molar refractivity (Wildman–Crippen MR) is 133 cm³/mol. The van der Waals surface area contributed by atoms with Crippen LogP contribution in [0, 0.1) is 0 Å². The number of anilines is 1. The van der Waals surface area contributed by atoms with Crippen LogP contribution in [0.5, 0.6) is 0 Å². The summed E-state index contributed by atoms with van der Waals surface area (Å²) < 4.78 is 2.30. The lowest BCUT2D eigenvalue weighted by Crippen LogP contribution is -2.22. The fourth-order valence-electron chi connectivity index (χ4n) is 4.19. The Kier molecular flexibility index (Phi) is 5.42. The second-order valence-corrected chi connectivity index (χ2v) is 7.75. The second kappa shape index (κ2) is 8.67. The summed E-state index contributed by atoms with van der Waals surface area (Å²) in [6.07, 6.45) is 0. The van der Waals surface area contributed by atoms with Crippen LogP contribution in [-0.2, 0) is 0 Å². The van der Waals surface area contributed by atoms with E-state index in [0.29, 0.717) is 0 Å². The number of nitrogens with zero attached hydrogens (tertiary/aromatic N) is 4. The van der Waals surface area contributed by atoms with Gasteiger partial charge in [-0.25, -0.2) is 9.98 Å². The van der Waals surface area contributed by atoms with Crippen molar-refractivity contribution >= 4 is 22.4 Å². The summed E-state index contributed by atoms with van der Waals surface area (Å²) >= 11 is 0. The van der Waals surface area contributed by atoms with Crippen LogP contribution in [0.15, 0.2) is 102 Å². The van der Waals surface area contributed by atoms with Gasteiger partial charge in [-0.2, -0.15) is 0 Å². The van der Waals surface area contributed by atoms with Crippen LogP contribution in [0.3, 0.4) is 0 Å². The zero-order valence-electron chi connectivity index (χ0n) is 18.4. The summed E-state index contributed by atoms with van der Waals surface area (Å²) in [5.74, 6) is 0. The Labute approximate surface area is 188 Å². The van der Waals surface area contributed by atoms with E-state index in [9.17, 15) is 0 Å². The van der Waals surface area contributed by atoms with Crippen LogP contribution in [0.4, 0.5) is 11.4 Å². The molecule has 5 rings (SSSR count). The Morgan fingerprint density at radius 2 is 1.50 bits per heavy atom. The highest BCUT2D eigenvalue weighted by atomic mass is 15.1. The first-order chi connectivity index (χ1) is 15.8. The van der Waals surface area contributed by atoms with Crippen molar-refractivity contribution < 1.29 is 0 Å². The predicted octanol–water partition coefficient (Wildman–Crippen LogP) is 6.21. The third-order valence-electron chi connectivity index (χ3n) is 5.80. The van der Waals surface area contributed by atoms with Gasteiger partial charge in [0.15, 0.2) is 0 Å². The van der Waals surface area contributed by atoms with Gasteiger partial charge < -0.3 is 9.47 Å². The zero-order chi connectivity index (χ0) is 21.9. The van der Waals surface area contributed by atoms with Crippen molar-refractivity contribution in [3.8, 4) is 17.1 Å². The highest BCUT2D eigenvalue weighted by Crippen LogP contribution is 2.30. The minimum absolute atomic E-state index is 0.912. The number of aromatic nitrogens is 2. The Hall–Kier alpha value is -3.92. The van der Waals surface area contributed by atoms with E-state index in [0.717, 1.165) is 52.2 Å². The minimum Gasteiger partial charge on any atom is -0.372 e. The first-order valence-corrected chi connectivity index (χ1v) is 11.1. The van der Waals surface area contributed by atoms with Crippen molar-refractivity contribution in [1.29, 1.82) is 0 Å². The molecule has 0 saturated heterocycles. The zero-order valence-corrected chi connectivity index (χ0v) is 18.4. The topological polar surface area (TPSA) is 33.4 Å². The fraction of sp³-hybridized carbons (Fsp3) is 0.143. The molecule has 1 aliphatic heterocycles. The average molecular weight is 419 g/mol. The van der Waals surface area contributed by atoms with Crippen molar-refractivity contribution in [1.82, 2.24) is 9.55 Å². The first kappa shape index (κ1) is 20.0. The van der Waals surface area contributed by atoms with Crippen LogP contribution in [0.25, 0.3) is 28.1 Å². The lowest BCUT2D eigenvalue weighted by molar-refractivity contribution is 0.866. The number of hydrogen-bond acceptors (Lipinski definition) is 3. The van der Waals surface area contributed by atoms with E-state index in [1.165, 1.54) is 5.69 Å². The smallest absolute Gasteiger partial charge is 0.0879 e. The third-order valence-corrected chi connectivity index (χ3v) is 5.80. The van der Waals surface area contributed by atoms with Crippen molar-refractivity contribution in [3.63, 3.8) is 0 Å². The quantitative estimate of drug-likeness (QED) is 0.318. The van der Waals surface area contributed by atoms with E-state index in [4.69, 9.17) is 9.98 Å². The summed E-state index contributed by atoms with van der Waals surface area (Å²) in [5.41, 5.74) is 7.31. The van der Waals surface area contributed by atoms with Crippen molar-refractivity contribution in [2.45, 2.75) is 13.8 Å². The monoisotopic (exact) mass is 418 g/mol. The SMILES string of the molecule is CCN(CC)c1ccc2nc3ccc(=Nc4ccccc4)cc-3n(-c3ccccc3)c2c1. The van der Waals surface area contributed by atoms with Gasteiger partial charge >= 0.3 is 0 Å². The van der Waals surface area contributed by atoms with Crippen LogP contribution >= 0.6 is 0 Å². The van der Waals surface area contributed by atoms with E-state index < -0.39 is 0 Å². The molecular weight excluding hydrogens is 392 g/mol. The molecule has 0 spiro atoms. The molecule has 2 aliphatic rings. The molecule has 0 bridgehead atoms. The highest BCUT2D eigenvalue weighted by molar-refractivity contribution is 5.86. The Morgan fingerprint density at radius 1 is 0.781 bits per heavy atom. The standard InChI is InChI=1S/C28H26N4/c1-3-31(4-2)24-16-18-26-28(20-24)32(23-13-9-6-10-14-23)27-19-22(15-17-25(27)30-26)29-21-11-7-5-8-12-21/h5-20H,3-4H2,1-2H3. The first-order valence-electron chi connectivity index (χ1n) is 11.1. The van der Waals surface area contributed by atoms with Gasteiger partial charge in [0.25, 0.3) is 0 Å². The maximum absolute atomic E-state index is 4.98. The van der Waals surface area contributed by atoms with E-state index in [2.05, 4.69) is 77.9 Å². The normalized spacial score (nSPS) is 11.9. The molecule has 4 nitrogen and oxygen atoms in total.